The van der Waals surface area contributed by atoms with Gasteiger partial charge >= 0.3 is 11.9 Å². The molecule has 1 N–H and O–H groups in total. The van der Waals surface area contributed by atoms with E-state index in [9.17, 15) is 22.8 Å². The number of methoxy groups -OCH3 is 2. The summed E-state index contributed by atoms with van der Waals surface area (Å²) in [7, 11) is -1.32. The van der Waals surface area contributed by atoms with Gasteiger partial charge in [0.05, 0.1) is 36.2 Å². The summed E-state index contributed by atoms with van der Waals surface area (Å²) >= 11 is 0. The van der Waals surface area contributed by atoms with Crippen molar-refractivity contribution in [2.75, 3.05) is 32.6 Å². The van der Waals surface area contributed by atoms with E-state index in [1.54, 1.807) is 24.3 Å². The molecule has 2 aromatic carbocycles. The number of ether oxygens (including phenoxy) is 2. The second-order valence-corrected chi connectivity index (χ2v) is 9.72. The molecular weight excluding hydrogens is 448 g/mol. The Labute approximate surface area is 192 Å². The van der Waals surface area contributed by atoms with Crippen LogP contribution in [0.1, 0.15) is 39.1 Å². The van der Waals surface area contributed by atoms with Crippen LogP contribution in [-0.2, 0) is 24.3 Å². The van der Waals surface area contributed by atoms with Gasteiger partial charge in [-0.25, -0.2) is 18.0 Å². The molecule has 0 spiro atoms. The van der Waals surface area contributed by atoms with E-state index in [1.165, 1.54) is 36.7 Å². The van der Waals surface area contributed by atoms with E-state index >= 15 is 0 Å². The molecule has 1 fully saturated rings. The Balaban J connectivity index is 1.79. The minimum atomic E-state index is -3.73. The minimum absolute atomic E-state index is 0.0304. The van der Waals surface area contributed by atoms with Gasteiger partial charge in [0.1, 0.15) is 0 Å². The molecule has 0 bridgehead atoms. The number of piperidine rings is 1. The largest absolute Gasteiger partial charge is 0.465 e. The van der Waals surface area contributed by atoms with Crippen LogP contribution in [0, 0.1) is 12.8 Å². The zero-order valence-corrected chi connectivity index (χ0v) is 19.5. The fourth-order valence-corrected chi connectivity index (χ4v) is 5.17. The minimum Gasteiger partial charge on any atom is -0.465 e. The molecule has 0 saturated carbocycles. The highest BCUT2D eigenvalue weighted by atomic mass is 32.2. The molecule has 1 atom stereocenters. The van der Waals surface area contributed by atoms with Crippen LogP contribution in [0.2, 0.25) is 0 Å². The van der Waals surface area contributed by atoms with Gasteiger partial charge in [-0.3, -0.25) is 4.79 Å². The number of rotatable bonds is 6. The van der Waals surface area contributed by atoms with Crippen molar-refractivity contribution in [3.63, 3.8) is 0 Å². The van der Waals surface area contributed by atoms with Crippen LogP contribution in [-0.4, -0.2) is 57.9 Å². The molecule has 0 aliphatic carbocycles. The fourth-order valence-electron chi connectivity index (χ4n) is 3.65. The molecule has 3 rings (SSSR count). The normalized spacial score (nSPS) is 16.6. The maximum Gasteiger partial charge on any atom is 0.337 e. The molecule has 0 aromatic heterocycles. The van der Waals surface area contributed by atoms with Gasteiger partial charge in [0, 0.05) is 18.8 Å². The van der Waals surface area contributed by atoms with E-state index < -0.39 is 33.8 Å². The quantitative estimate of drug-likeness (QED) is 0.639. The van der Waals surface area contributed by atoms with Gasteiger partial charge < -0.3 is 14.8 Å². The first kappa shape index (κ1) is 24.4. The van der Waals surface area contributed by atoms with Crippen molar-refractivity contribution >= 4 is 33.6 Å². The van der Waals surface area contributed by atoms with E-state index in [2.05, 4.69) is 5.32 Å². The highest BCUT2D eigenvalue weighted by Crippen LogP contribution is 2.26. The fraction of sp³-hybridized carbons (Fsp3) is 0.348. The van der Waals surface area contributed by atoms with Crippen molar-refractivity contribution in [2.45, 2.75) is 24.7 Å². The molecule has 10 heteroatoms. The second kappa shape index (κ2) is 10.1. The molecule has 1 aliphatic heterocycles. The van der Waals surface area contributed by atoms with Gasteiger partial charge in [-0.1, -0.05) is 17.7 Å². The molecule has 9 nitrogen and oxygen atoms in total. The van der Waals surface area contributed by atoms with E-state index in [0.717, 1.165) is 5.56 Å². The average Bonchev–Trinajstić information content (AvgIpc) is 2.83. The lowest BCUT2D eigenvalue weighted by Gasteiger charge is -2.31. The number of benzene rings is 2. The van der Waals surface area contributed by atoms with Crippen molar-refractivity contribution in [1.82, 2.24) is 4.31 Å². The number of nitrogens with one attached hydrogen (secondary N) is 1. The summed E-state index contributed by atoms with van der Waals surface area (Å²) in [5, 5.41) is 2.69. The number of hydrogen-bond acceptors (Lipinski definition) is 7. The predicted molar refractivity (Wildman–Crippen MR) is 120 cm³/mol. The van der Waals surface area contributed by atoms with E-state index in [4.69, 9.17) is 9.47 Å². The number of esters is 2. The summed E-state index contributed by atoms with van der Waals surface area (Å²) in [4.78, 5) is 37.1. The van der Waals surface area contributed by atoms with Gasteiger partial charge in [-0.05, 0) is 50.1 Å². The lowest BCUT2D eigenvalue weighted by atomic mass is 9.98. The number of aryl methyl sites for hydroxylation is 1. The van der Waals surface area contributed by atoms with Crippen LogP contribution in [0.3, 0.4) is 0 Å². The molecule has 0 radical (unpaired) electrons. The smallest absolute Gasteiger partial charge is 0.337 e. The summed E-state index contributed by atoms with van der Waals surface area (Å²) in [5.41, 5.74) is 1.30. The molecule has 1 saturated heterocycles. The molecule has 0 unspecified atom stereocenters. The third-order valence-electron chi connectivity index (χ3n) is 5.46. The lowest BCUT2D eigenvalue weighted by Crippen LogP contribution is -2.43. The van der Waals surface area contributed by atoms with Gasteiger partial charge in [0.2, 0.25) is 15.9 Å². The monoisotopic (exact) mass is 474 g/mol. The Morgan fingerprint density at radius 2 is 1.55 bits per heavy atom. The number of anilines is 1. The molecule has 2 aromatic rings. The Hall–Kier alpha value is -3.24. The van der Waals surface area contributed by atoms with Crippen molar-refractivity contribution in [3.8, 4) is 0 Å². The Morgan fingerprint density at radius 1 is 0.970 bits per heavy atom. The van der Waals surface area contributed by atoms with Crippen LogP contribution in [0.25, 0.3) is 0 Å². The highest BCUT2D eigenvalue weighted by Gasteiger charge is 2.33. The maximum atomic E-state index is 13.0. The van der Waals surface area contributed by atoms with Crippen LogP contribution in [0.4, 0.5) is 5.69 Å². The Bertz CT molecular complexity index is 1130. The first-order valence-electron chi connectivity index (χ1n) is 10.3. The second-order valence-electron chi connectivity index (χ2n) is 7.79. The molecule has 1 heterocycles. The Kier molecular flexibility index (Phi) is 7.50. The molecular formula is C23H26N2O7S. The van der Waals surface area contributed by atoms with Crippen LogP contribution < -0.4 is 5.32 Å². The SMILES string of the molecule is COC(=O)c1cc(NC(=O)[C@H]2CCCN(S(=O)(=O)c3ccc(C)cc3)C2)cc(C(=O)OC)c1. The van der Waals surface area contributed by atoms with E-state index in [1.807, 2.05) is 6.92 Å². The highest BCUT2D eigenvalue weighted by molar-refractivity contribution is 7.89. The summed E-state index contributed by atoms with van der Waals surface area (Å²) < 4.78 is 36.8. The summed E-state index contributed by atoms with van der Waals surface area (Å²) in [6.07, 6.45) is 1.03. The summed E-state index contributed by atoms with van der Waals surface area (Å²) in [6.45, 7) is 2.23. The molecule has 33 heavy (non-hydrogen) atoms. The maximum absolute atomic E-state index is 13.0. The van der Waals surface area contributed by atoms with Gasteiger partial charge in [-0.2, -0.15) is 4.31 Å². The number of hydrogen-bond donors (Lipinski definition) is 1. The van der Waals surface area contributed by atoms with Crippen molar-refractivity contribution in [3.05, 3.63) is 59.2 Å². The van der Waals surface area contributed by atoms with Gasteiger partial charge in [0.25, 0.3) is 0 Å². The first-order chi connectivity index (χ1) is 15.6. The zero-order chi connectivity index (χ0) is 24.2. The van der Waals surface area contributed by atoms with Crippen LogP contribution in [0.15, 0.2) is 47.4 Å². The number of carbonyl (C=O) groups excluding carboxylic acids is 3. The topological polar surface area (TPSA) is 119 Å². The number of amides is 1. The third kappa shape index (κ3) is 5.58. The lowest BCUT2D eigenvalue weighted by molar-refractivity contribution is -0.120. The number of sulfonamides is 1. The predicted octanol–water partition coefficient (Wildman–Crippen LogP) is 2.61. The van der Waals surface area contributed by atoms with Gasteiger partial charge in [-0.15, -0.1) is 0 Å². The number of nitrogens with zero attached hydrogens (tertiary/aromatic N) is 1. The molecule has 1 amide bonds. The zero-order valence-electron chi connectivity index (χ0n) is 18.7. The van der Waals surface area contributed by atoms with Crippen LogP contribution >= 0.6 is 0 Å². The molecule has 176 valence electrons. The van der Waals surface area contributed by atoms with E-state index in [-0.39, 0.29) is 28.3 Å². The van der Waals surface area contributed by atoms with Crippen molar-refractivity contribution < 1.29 is 32.3 Å². The number of carbonyl (C=O) groups is 3. The summed E-state index contributed by atoms with van der Waals surface area (Å²) in [5.74, 6) is -2.35. The summed E-state index contributed by atoms with van der Waals surface area (Å²) in [6, 6.07) is 10.7. The van der Waals surface area contributed by atoms with Crippen LogP contribution in [0.5, 0.6) is 0 Å². The standard InChI is InChI=1S/C23H26N2O7S/c1-15-6-8-20(9-7-15)33(29,30)25-10-4-5-16(14-25)21(26)24-19-12-17(22(27)31-2)11-18(13-19)23(28)32-3/h6-9,11-13,16H,4-5,10,14H2,1-3H3,(H,24,26)/t16-/m0/s1. The average molecular weight is 475 g/mol. The van der Waals surface area contributed by atoms with Crippen molar-refractivity contribution in [1.29, 1.82) is 0 Å². The third-order valence-corrected chi connectivity index (χ3v) is 7.34. The molecule has 1 aliphatic rings. The van der Waals surface area contributed by atoms with Crippen molar-refractivity contribution in [2.24, 2.45) is 5.92 Å². The van der Waals surface area contributed by atoms with E-state index in [0.29, 0.717) is 19.4 Å². The van der Waals surface area contributed by atoms with Gasteiger partial charge in [0.15, 0.2) is 0 Å². The Morgan fingerprint density at radius 3 is 2.09 bits per heavy atom. The first-order valence-corrected chi connectivity index (χ1v) is 11.8.